The van der Waals surface area contributed by atoms with Crippen LogP contribution in [0.15, 0.2) is 60.7 Å². The molecule has 0 atom stereocenters. The molecule has 2 amide bonds. The van der Waals surface area contributed by atoms with E-state index < -0.39 is 5.92 Å². The number of hydrazine groups is 1. The van der Waals surface area contributed by atoms with Gasteiger partial charge in [0.05, 0.1) is 11.4 Å². The van der Waals surface area contributed by atoms with Gasteiger partial charge in [-0.25, -0.2) is 10.0 Å². The second kappa shape index (κ2) is 9.73. The summed E-state index contributed by atoms with van der Waals surface area (Å²) in [6.45, 7) is 2.06. The first-order valence-corrected chi connectivity index (χ1v) is 8.02. The van der Waals surface area contributed by atoms with Crippen molar-refractivity contribution >= 4 is 52.7 Å². The van der Waals surface area contributed by atoms with Crippen LogP contribution < -0.4 is 10.0 Å². The Morgan fingerprint density at radius 3 is 1.56 bits per heavy atom. The Kier molecular flexibility index (Phi) is 8.32. The minimum Gasteiger partial charge on any atom is -0.412 e. The standard InChI is InChI=1S/C19H20N2O2.Na.H2O/c1-2-3-14-17-18(22)20(15-10-6-4-7-11-15)21(19(17)23)16-12-8-5-9-13-16;;/h4-13,17H,2-3,14H2,1H3;;1H2. The fourth-order valence-electron chi connectivity index (χ4n) is 2.88. The molecule has 2 N–H and O–H groups in total. The molecule has 5 nitrogen and oxygen atoms in total. The number of carbonyl (C=O) groups excluding carboxylic acids is 2. The molecule has 0 aliphatic carbocycles. The Balaban J connectivity index is 0.00000156. The van der Waals surface area contributed by atoms with Gasteiger partial charge in [-0.1, -0.05) is 56.2 Å². The van der Waals surface area contributed by atoms with Crippen LogP contribution in [0.25, 0.3) is 0 Å². The number of hydrogen-bond acceptors (Lipinski definition) is 2. The third-order valence-electron chi connectivity index (χ3n) is 4.06. The van der Waals surface area contributed by atoms with Crippen LogP contribution in [0, 0.1) is 5.92 Å². The summed E-state index contributed by atoms with van der Waals surface area (Å²) in [5.74, 6) is -0.868. The number of anilines is 2. The smallest absolute Gasteiger partial charge is 0.258 e. The number of nitrogens with zero attached hydrogens (tertiary/aromatic N) is 2. The number of amides is 2. The zero-order valence-electron chi connectivity index (χ0n) is 14.7. The normalized spacial score (nSPS) is 14.3. The van der Waals surface area contributed by atoms with E-state index >= 15 is 0 Å². The molecule has 127 valence electrons. The molecular formula is C19H22N2NaO3. The first kappa shape index (κ1) is 21.4. The molecule has 0 aromatic heterocycles. The molecule has 1 aliphatic rings. The molecule has 0 unspecified atom stereocenters. The van der Waals surface area contributed by atoms with Gasteiger partial charge in [0.25, 0.3) is 11.8 Å². The van der Waals surface area contributed by atoms with Gasteiger partial charge in [-0.3, -0.25) is 9.59 Å². The maximum atomic E-state index is 12.9. The molecule has 1 fully saturated rings. The van der Waals surface area contributed by atoms with Crippen LogP contribution in [-0.2, 0) is 9.59 Å². The minimum atomic E-state index is -0.588. The van der Waals surface area contributed by atoms with Crippen molar-refractivity contribution in [2.24, 2.45) is 5.92 Å². The summed E-state index contributed by atoms with van der Waals surface area (Å²) in [6, 6.07) is 18.7. The molecule has 1 heterocycles. The number of hydrogen-bond donors (Lipinski definition) is 0. The maximum Gasteiger partial charge on any atom is 0.258 e. The number of rotatable bonds is 5. The zero-order chi connectivity index (χ0) is 16.2. The van der Waals surface area contributed by atoms with E-state index in [9.17, 15) is 9.59 Å². The van der Waals surface area contributed by atoms with Gasteiger partial charge >= 0.3 is 0 Å². The second-order valence-corrected chi connectivity index (χ2v) is 5.67. The number of benzene rings is 2. The molecular weight excluding hydrogens is 327 g/mol. The van der Waals surface area contributed by atoms with Crippen molar-refractivity contribution in [2.75, 3.05) is 10.0 Å². The van der Waals surface area contributed by atoms with E-state index in [0.29, 0.717) is 17.8 Å². The van der Waals surface area contributed by atoms with Gasteiger partial charge in [-0.05, 0) is 30.7 Å². The summed E-state index contributed by atoms with van der Waals surface area (Å²) >= 11 is 0. The van der Waals surface area contributed by atoms with E-state index in [0.717, 1.165) is 12.8 Å². The number of carbonyl (C=O) groups is 2. The average Bonchev–Trinajstić information content (AvgIpc) is 2.85. The predicted octanol–water partition coefficient (Wildman–Crippen LogP) is 2.58. The topological polar surface area (TPSA) is 72.1 Å². The molecule has 6 heteroatoms. The molecule has 0 spiro atoms. The van der Waals surface area contributed by atoms with Crippen molar-refractivity contribution < 1.29 is 15.1 Å². The van der Waals surface area contributed by atoms with Gasteiger partial charge in [0, 0.05) is 29.6 Å². The van der Waals surface area contributed by atoms with E-state index in [4.69, 9.17) is 0 Å². The van der Waals surface area contributed by atoms with Crippen LogP contribution in [0.2, 0.25) is 0 Å². The number of unbranched alkanes of at least 4 members (excludes halogenated alkanes) is 1. The summed E-state index contributed by atoms with van der Waals surface area (Å²) in [6.07, 6.45) is 2.43. The first-order valence-electron chi connectivity index (χ1n) is 8.02. The predicted molar refractivity (Wildman–Crippen MR) is 100 cm³/mol. The molecule has 0 bridgehead atoms. The van der Waals surface area contributed by atoms with Crippen LogP contribution in [-0.4, -0.2) is 46.8 Å². The summed E-state index contributed by atoms with van der Waals surface area (Å²) in [5, 5.41) is 3.02. The van der Waals surface area contributed by atoms with Crippen LogP contribution in [0.1, 0.15) is 26.2 Å². The molecule has 1 aliphatic heterocycles. The summed E-state index contributed by atoms with van der Waals surface area (Å²) in [5.41, 5.74) is 1.43. The maximum absolute atomic E-state index is 12.9. The SMILES string of the molecule is CCCCC1C(=O)N(c2ccccc2)N(c2ccccc2)C1=O.O.[Na]. The second-order valence-electron chi connectivity index (χ2n) is 5.67. The van der Waals surface area contributed by atoms with Crippen molar-refractivity contribution in [3.8, 4) is 0 Å². The van der Waals surface area contributed by atoms with E-state index in [1.807, 2.05) is 60.7 Å². The monoisotopic (exact) mass is 349 g/mol. The largest absolute Gasteiger partial charge is 0.412 e. The minimum absolute atomic E-state index is 0. The molecule has 2 aromatic rings. The third-order valence-corrected chi connectivity index (χ3v) is 4.06. The van der Waals surface area contributed by atoms with Crippen molar-refractivity contribution in [1.29, 1.82) is 0 Å². The Morgan fingerprint density at radius 2 is 1.20 bits per heavy atom. The van der Waals surface area contributed by atoms with Crippen LogP contribution in [0.3, 0.4) is 0 Å². The Morgan fingerprint density at radius 1 is 0.800 bits per heavy atom. The fourth-order valence-corrected chi connectivity index (χ4v) is 2.88. The quantitative estimate of drug-likeness (QED) is 0.615. The van der Waals surface area contributed by atoms with Crippen molar-refractivity contribution in [2.45, 2.75) is 26.2 Å². The zero-order valence-corrected chi connectivity index (χ0v) is 16.7. The Hall–Kier alpha value is -1.66. The molecule has 3 rings (SSSR count). The first-order chi connectivity index (χ1) is 11.2. The molecule has 0 saturated carbocycles. The molecule has 25 heavy (non-hydrogen) atoms. The van der Waals surface area contributed by atoms with Crippen molar-refractivity contribution in [3.05, 3.63) is 60.7 Å². The summed E-state index contributed by atoms with van der Waals surface area (Å²) in [4.78, 5) is 25.7. The molecule has 2 aromatic carbocycles. The van der Waals surface area contributed by atoms with Crippen LogP contribution in [0.4, 0.5) is 11.4 Å². The Labute approximate surface area is 170 Å². The van der Waals surface area contributed by atoms with Gasteiger partial charge in [0.1, 0.15) is 5.92 Å². The van der Waals surface area contributed by atoms with Crippen LogP contribution >= 0.6 is 0 Å². The van der Waals surface area contributed by atoms with E-state index in [-0.39, 0.29) is 46.8 Å². The van der Waals surface area contributed by atoms with Gasteiger partial charge in [-0.2, -0.15) is 0 Å². The Bertz CT molecular complexity index is 637. The van der Waals surface area contributed by atoms with Crippen molar-refractivity contribution in [1.82, 2.24) is 0 Å². The van der Waals surface area contributed by atoms with Gasteiger partial charge < -0.3 is 5.48 Å². The van der Waals surface area contributed by atoms with Gasteiger partial charge in [0.15, 0.2) is 0 Å². The van der Waals surface area contributed by atoms with Gasteiger partial charge in [0.2, 0.25) is 0 Å². The summed E-state index contributed by atoms with van der Waals surface area (Å²) in [7, 11) is 0. The fraction of sp³-hybridized carbons (Fsp3) is 0.263. The molecule has 1 radical (unpaired) electrons. The van der Waals surface area contributed by atoms with E-state index in [1.54, 1.807) is 0 Å². The average molecular weight is 349 g/mol. The molecule has 1 saturated heterocycles. The van der Waals surface area contributed by atoms with E-state index in [1.165, 1.54) is 10.0 Å². The van der Waals surface area contributed by atoms with Crippen LogP contribution in [0.5, 0.6) is 0 Å². The number of para-hydroxylation sites is 2. The van der Waals surface area contributed by atoms with E-state index in [2.05, 4.69) is 6.92 Å². The third kappa shape index (κ3) is 4.30. The van der Waals surface area contributed by atoms with Crippen molar-refractivity contribution in [3.63, 3.8) is 0 Å². The van der Waals surface area contributed by atoms with Gasteiger partial charge in [-0.15, -0.1) is 0 Å². The summed E-state index contributed by atoms with van der Waals surface area (Å²) < 4.78 is 0.